The lowest BCUT2D eigenvalue weighted by molar-refractivity contribution is 0.407. The highest BCUT2D eigenvalue weighted by Crippen LogP contribution is 2.27. The average Bonchev–Trinajstić information content (AvgIpc) is 2.80. The molecule has 102 valence electrons. The lowest BCUT2D eigenvalue weighted by Crippen LogP contribution is -2.19. The molecule has 2 rings (SSSR count). The first-order chi connectivity index (χ1) is 9.17. The monoisotopic (exact) mass is 279 g/mol. The molecule has 19 heavy (non-hydrogen) atoms. The van der Waals surface area contributed by atoms with Crippen LogP contribution in [0.5, 0.6) is 5.75 Å². The highest BCUT2D eigenvalue weighted by Gasteiger charge is 2.18. The first-order valence-electron chi connectivity index (χ1n) is 6.26. The van der Waals surface area contributed by atoms with Crippen molar-refractivity contribution in [2.45, 2.75) is 25.9 Å². The smallest absolute Gasteiger partial charge is 0.122 e. The van der Waals surface area contributed by atoms with Crippen LogP contribution < -0.4 is 10.5 Å². The van der Waals surface area contributed by atoms with Gasteiger partial charge in [0.15, 0.2) is 0 Å². The number of hydrogen-bond donors (Lipinski definition) is 1. The maximum Gasteiger partial charge on any atom is 0.122 e. The van der Waals surface area contributed by atoms with Crippen LogP contribution in [-0.2, 0) is 13.0 Å². The minimum absolute atomic E-state index is 0.203. The van der Waals surface area contributed by atoms with Crippen molar-refractivity contribution >= 4 is 11.6 Å². The zero-order valence-electron chi connectivity index (χ0n) is 11.1. The predicted molar refractivity (Wildman–Crippen MR) is 76.5 cm³/mol. The summed E-state index contributed by atoms with van der Waals surface area (Å²) in [6.45, 7) is 2.77. The third-order valence-electron chi connectivity index (χ3n) is 3.12. The van der Waals surface area contributed by atoms with Gasteiger partial charge in [-0.15, -0.1) is 0 Å². The van der Waals surface area contributed by atoms with Gasteiger partial charge in [-0.25, -0.2) is 0 Å². The number of nitrogens with two attached hydrogens (primary N) is 1. The van der Waals surface area contributed by atoms with Crippen molar-refractivity contribution in [2.75, 3.05) is 7.11 Å². The molecule has 1 aromatic carbocycles. The van der Waals surface area contributed by atoms with E-state index in [9.17, 15) is 0 Å². The molecule has 0 radical (unpaired) electrons. The summed E-state index contributed by atoms with van der Waals surface area (Å²) in [5.74, 6) is 0.844. The van der Waals surface area contributed by atoms with Crippen molar-refractivity contribution in [3.05, 3.63) is 46.7 Å². The number of aryl methyl sites for hydroxylation is 1. The van der Waals surface area contributed by atoms with Crippen molar-refractivity contribution in [2.24, 2.45) is 5.73 Å². The number of halogens is 1. The van der Waals surface area contributed by atoms with Crippen LogP contribution in [-0.4, -0.2) is 16.9 Å². The molecule has 1 unspecified atom stereocenters. The molecule has 2 aromatic rings. The van der Waals surface area contributed by atoms with Gasteiger partial charge in [0.2, 0.25) is 0 Å². The van der Waals surface area contributed by atoms with E-state index in [1.165, 1.54) is 0 Å². The molecule has 0 saturated carbocycles. The first-order valence-corrected chi connectivity index (χ1v) is 6.63. The van der Waals surface area contributed by atoms with Crippen LogP contribution in [0.1, 0.15) is 24.2 Å². The zero-order chi connectivity index (χ0) is 13.8. The summed E-state index contributed by atoms with van der Waals surface area (Å²) in [6.07, 6.45) is 2.30. The number of para-hydroxylation sites is 1. The molecule has 0 aliphatic carbocycles. The fraction of sp³-hybridized carbons (Fsp3) is 0.357. The summed E-state index contributed by atoms with van der Waals surface area (Å²) in [4.78, 5) is 0. The molecule has 1 aromatic heterocycles. The van der Waals surface area contributed by atoms with E-state index >= 15 is 0 Å². The Morgan fingerprint density at radius 1 is 1.42 bits per heavy atom. The fourth-order valence-corrected chi connectivity index (χ4v) is 2.48. The fourth-order valence-electron chi connectivity index (χ4n) is 2.20. The van der Waals surface area contributed by atoms with E-state index in [-0.39, 0.29) is 6.04 Å². The van der Waals surface area contributed by atoms with E-state index in [2.05, 4.69) is 5.10 Å². The van der Waals surface area contributed by atoms with E-state index < -0.39 is 0 Å². The summed E-state index contributed by atoms with van der Waals surface area (Å²) < 4.78 is 7.18. The minimum Gasteiger partial charge on any atom is -0.496 e. The van der Waals surface area contributed by atoms with Crippen LogP contribution in [0.25, 0.3) is 0 Å². The van der Waals surface area contributed by atoms with E-state index in [0.717, 1.165) is 23.6 Å². The molecule has 2 N–H and O–H groups in total. The van der Waals surface area contributed by atoms with Gasteiger partial charge in [0, 0.05) is 6.54 Å². The largest absolute Gasteiger partial charge is 0.496 e. The Bertz CT molecular complexity index is 553. The molecule has 0 fully saturated rings. The van der Waals surface area contributed by atoms with Crippen LogP contribution in [0, 0.1) is 0 Å². The van der Waals surface area contributed by atoms with Crippen LogP contribution >= 0.6 is 11.6 Å². The van der Waals surface area contributed by atoms with E-state index in [1.807, 2.05) is 35.9 Å². The number of methoxy groups -OCH3 is 1. The number of benzene rings is 1. The van der Waals surface area contributed by atoms with Crippen LogP contribution in [0.3, 0.4) is 0 Å². The van der Waals surface area contributed by atoms with Crippen molar-refractivity contribution < 1.29 is 4.74 Å². The van der Waals surface area contributed by atoms with Gasteiger partial charge < -0.3 is 10.5 Å². The summed E-state index contributed by atoms with van der Waals surface area (Å²) in [5, 5.41) is 4.83. The first kappa shape index (κ1) is 13.9. The maximum atomic E-state index is 6.27. The third-order valence-corrected chi connectivity index (χ3v) is 3.41. The van der Waals surface area contributed by atoms with Crippen molar-refractivity contribution in [1.82, 2.24) is 9.78 Å². The minimum atomic E-state index is -0.203. The topological polar surface area (TPSA) is 53.1 Å². The Hall–Kier alpha value is -1.52. The second kappa shape index (κ2) is 6.08. The maximum absolute atomic E-state index is 6.27. The Labute approximate surface area is 118 Å². The van der Waals surface area contributed by atoms with Crippen LogP contribution in [0.2, 0.25) is 5.02 Å². The van der Waals surface area contributed by atoms with Gasteiger partial charge in [-0.3, -0.25) is 4.68 Å². The zero-order valence-corrected chi connectivity index (χ0v) is 11.9. The number of aromatic nitrogens is 2. The van der Waals surface area contributed by atoms with Gasteiger partial charge in [0.1, 0.15) is 5.75 Å². The van der Waals surface area contributed by atoms with Gasteiger partial charge in [-0.2, -0.15) is 5.10 Å². The Morgan fingerprint density at radius 2 is 2.16 bits per heavy atom. The highest BCUT2D eigenvalue weighted by atomic mass is 35.5. The predicted octanol–water partition coefficient (Wildman–Crippen LogP) is 2.81. The van der Waals surface area contributed by atoms with E-state index in [0.29, 0.717) is 11.4 Å². The van der Waals surface area contributed by atoms with Crippen molar-refractivity contribution in [1.29, 1.82) is 0 Å². The summed E-state index contributed by atoms with van der Waals surface area (Å²) in [5.41, 5.74) is 8.21. The summed E-state index contributed by atoms with van der Waals surface area (Å²) in [6, 6.07) is 7.66. The SMILES string of the molecule is CCn1ncc(Cl)c1C(N)Cc1ccccc1OC. The molecular formula is C14H18ClN3O. The van der Waals surface area contributed by atoms with E-state index in [4.69, 9.17) is 22.1 Å². The third kappa shape index (κ3) is 2.91. The van der Waals surface area contributed by atoms with Gasteiger partial charge in [-0.05, 0) is 25.0 Å². The molecule has 4 nitrogen and oxygen atoms in total. The molecule has 0 aliphatic rings. The molecule has 0 amide bonds. The van der Waals surface area contributed by atoms with Crippen LogP contribution in [0.4, 0.5) is 0 Å². The second-order valence-electron chi connectivity index (χ2n) is 4.32. The molecule has 0 spiro atoms. The summed E-state index contributed by atoms with van der Waals surface area (Å²) in [7, 11) is 1.66. The number of hydrogen-bond acceptors (Lipinski definition) is 3. The lowest BCUT2D eigenvalue weighted by atomic mass is 10.0. The lowest BCUT2D eigenvalue weighted by Gasteiger charge is -2.16. The molecule has 0 saturated heterocycles. The van der Waals surface area contributed by atoms with E-state index in [1.54, 1.807) is 13.3 Å². The summed E-state index contributed by atoms with van der Waals surface area (Å²) >= 11 is 6.16. The standard InChI is InChI=1S/C14H18ClN3O/c1-3-18-14(11(15)9-17-18)12(16)8-10-6-4-5-7-13(10)19-2/h4-7,9,12H,3,8,16H2,1-2H3. The van der Waals surface area contributed by atoms with Crippen LogP contribution in [0.15, 0.2) is 30.5 Å². The normalized spacial score (nSPS) is 12.4. The Morgan fingerprint density at radius 3 is 2.84 bits per heavy atom. The molecular weight excluding hydrogens is 262 g/mol. The molecule has 1 atom stereocenters. The Balaban J connectivity index is 2.25. The second-order valence-corrected chi connectivity index (χ2v) is 4.72. The molecule has 0 aliphatic heterocycles. The quantitative estimate of drug-likeness (QED) is 0.916. The number of rotatable bonds is 5. The molecule has 5 heteroatoms. The van der Waals surface area contributed by atoms with Gasteiger partial charge in [0.25, 0.3) is 0 Å². The van der Waals surface area contributed by atoms with Gasteiger partial charge >= 0.3 is 0 Å². The Kier molecular flexibility index (Phi) is 4.45. The number of ether oxygens (including phenoxy) is 1. The average molecular weight is 280 g/mol. The highest BCUT2D eigenvalue weighted by molar-refractivity contribution is 6.31. The van der Waals surface area contributed by atoms with Gasteiger partial charge in [0.05, 0.1) is 30.1 Å². The molecule has 1 heterocycles. The van der Waals surface area contributed by atoms with Crippen molar-refractivity contribution in [3.63, 3.8) is 0 Å². The molecule has 0 bridgehead atoms. The van der Waals surface area contributed by atoms with Gasteiger partial charge in [-0.1, -0.05) is 29.8 Å². The van der Waals surface area contributed by atoms with Crippen molar-refractivity contribution in [3.8, 4) is 5.75 Å². The number of nitrogens with zero attached hydrogens (tertiary/aromatic N) is 2.